The van der Waals surface area contributed by atoms with E-state index in [1.54, 1.807) is 12.1 Å². The predicted octanol–water partition coefficient (Wildman–Crippen LogP) is 1.21. The van der Waals surface area contributed by atoms with Crippen LogP contribution in [0.25, 0.3) is 0 Å². The average molecular weight is 308 g/mol. The lowest BCUT2D eigenvalue weighted by Gasteiger charge is -2.30. The van der Waals surface area contributed by atoms with Gasteiger partial charge in [-0.25, -0.2) is 9.38 Å². The van der Waals surface area contributed by atoms with E-state index >= 15 is 0 Å². The third kappa shape index (κ3) is 5.27. The number of hydrogen-bond donors (Lipinski definition) is 2. The standard InChI is InChI=1S/C16H25FN4O/c1-3-18-16(19-10-13-6-4-5-7-15(13)17)20-11-14-12-21(2)8-9-22-14/h4-7,14H,3,8-12H2,1-2H3,(H2,18,19,20). The van der Waals surface area contributed by atoms with E-state index in [9.17, 15) is 4.39 Å². The monoisotopic (exact) mass is 308 g/mol. The molecule has 6 heteroatoms. The lowest BCUT2D eigenvalue weighted by atomic mass is 10.2. The quantitative estimate of drug-likeness (QED) is 0.634. The van der Waals surface area contributed by atoms with Crippen LogP contribution in [0.5, 0.6) is 0 Å². The molecule has 0 spiro atoms. The number of halogens is 1. The fourth-order valence-electron chi connectivity index (χ4n) is 2.33. The van der Waals surface area contributed by atoms with E-state index in [0.717, 1.165) is 26.2 Å². The molecule has 1 aromatic carbocycles. The van der Waals surface area contributed by atoms with Crippen LogP contribution in [0.15, 0.2) is 29.3 Å². The Bertz CT molecular complexity index is 495. The highest BCUT2D eigenvalue weighted by atomic mass is 19.1. The van der Waals surface area contributed by atoms with E-state index in [1.165, 1.54) is 6.07 Å². The maximum absolute atomic E-state index is 13.6. The van der Waals surface area contributed by atoms with E-state index in [2.05, 4.69) is 27.6 Å². The molecule has 0 aliphatic carbocycles. The summed E-state index contributed by atoms with van der Waals surface area (Å²) in [5.74, 6) is 0.460. The van der Waals surface area contributed by atoms with Gasteiger partial charge in [-0.3, -0.25) is 0 Å². The van der Waals surface area contributed by atoms with Crippen molar-refractivity contribution in [2.45, 2.75) is 19.6 Å². The minimum Gasteiger partial charge on any atom is -0.374 e. The van der Waals surface area contributed by atoms with Gasteiger partial charge in [0.25, 0.3) is 0 Å². The highest BCUT2D eigenvalue weighted by Gasteiger charge is 2.17. The zero-order valence-electron chi connectivity index (χ0n) is 13.3. The Morgan fingerprint density at radius 1 is 1.41 bits per heavy atom. The Balaban J connectivity index is 1.88. The molecule has 1 aromatic rings. The van der Waals surface area contributed by atoms with Gasteiger partial charge >= 0.3 is 0 Å². The minimum atomic E-state index is -0.223. The summed E-state index contributed by atoms with van der Waals surface area (Å²) in [5.41, 5.74) is 0.591. The van der Waals surface area contributed by atoms with Gasteiger partial charge in [0.15, 0.2) is 5.96 Å². The number of hydrogen-bond acceptors (Lipinski definition) is 3. The van der Waals surface area contributed by atoms with Gasteiger partial charge in [0.05, 0.1) is 19.3 Å². The Morgan fingerprint density at radius 2 is 2.23 bits per heavy atom. The number of benzene rings is 1. The summed E-state index contributed by atoms with van der Waals surface area (Å²) in [7, 11) is 2.09. The van der Waals surface area contributed by atoms with E-state index in [0.29, 0.717) is 24.6 Å². The van der Waals surface area contributed by atoms with E-state index in [-0.39, 0.29) is 11.9 Å². The van der Waals surface area contributed by atoms with Crippen LogP contribution in [-0.2, 0) is 11.3 Å². The first-order valence-corrected chi connectivity index (χ1v) is 7.74. The van der Waals surface area contributed by atoms with Crippen molar-refractivity contribution < 1.29 is 9.13 Å². The molecule has 0 bridgehead atoms. The highest BCUT2D eigenvalue weighted by molar-refractivity contribution is 5.79. The zero-order valence-corrected chi connectivity index (χ0v) is 13.3. The zero-order chi connectivity index (χ0) is 15.8. The normalized spacial score (nSPS) is 20.0. The van der Waals surface area contributed by atoms with E-state index in [1.807, 2.05) is 13.0 Å². The van der Waals surface area contributed by atoms with Gasteiger partial charge in [0.2, 0.25) is 0 Å². The molecule has 22 heavy (non-hydrogen) atoms. The molecular formula is C16H25FN4O. The molecule has 122 valence electrons. The van der Waals surface area contributed by atoms with Crippen molar-refractivity contribution in [2.24, 2.45) is 4.99 Å². The van der Waals surface area contributed by atoms with Crippen LogP contribution in [0.4, 0.5) is 4.39 Å². The summed E-state index contributed by atoms with van der Waals surface area (Å²) < 4.78 is 19.3. The summed E-state index contributed by atoms with van der Waals surface area (Å²) in [6.45, 7) is 6.39. The lowest BCUT2D eigenvalue weighted by Crippen LogP contribution is -2.48. The third-order valence-electron chi connectivity index (χ3n) is 3.55. The Morgan fingerprint density at radius 3 is 2.95 bits per heavy atom. The summed E-state index contributed by atoms with van der Waals surface area (Å²) in [6, 6.07) is 6.71. The van der Waals surface area contributed by atoms with Crippen LogP contribution in [0.3, 0.4) is 0 Å². The predicted molar refractivity (Wildman–Crippen MR) is 86.5 cm³/mol. The second-order valence-electron chi connectivity index (χ2n) is 5.42. The molecule has 0 amide bonds. The van der Waals surface area contributed by atoms with Crippen LogP contribution in [-0.4, -0.2) is 56.8 Å². The van der Waals surface area contributed by atoms with Crippen molar-refractivity contribution in [3.8, 4) is 0 Å². The average Bonchev–Trinajstić information content (AvgIpc) is 2.51. The molecule has 0 saturated carbocycles. The maximum Gasteiger partial charge on any atom is 0.191 e. The SMILES string of the molecule is CCNC(=NCc1ccccc1F)NCC1CN(C)CCO1. The van der Waals surface area contributed by atoms with Gasteiger partial charge in [-0.2, -0.15) is 0 Å². The first kappa shape index (κ1) is 16.7. The fourth-order valence-corrected chi connectivity index (χ4v) is 2.33. The largest absolute Gasteiger partial charge is 0.374 e. The molecule has 1 heterocycles. The van der Waals surface area contributed by atoms with Crippen molar-refractivity contribution in [1.29, 1.82) is 0 Å². The summed E-state index contributed by atoms with van der Waals surface area (Å²) >= 11 is 0. The molecule has 0 radical (unpaired) electrons. The van der Waals surface area contributed by atoms with Gasteiger partial charge in [0.1, 0.15) is 5.82 Å². The molecule has 1 saturated heterocycles. The molecule has 1 unspecified atom stereocenters. The van der Waals surface area contributed by atoms with E-state index in [4.69, 9.17) is 4.74 Å². The molecule has 1 aliphatic heterocycles. The van der Waals surface area contributed by atoms with E-state index < -0.39 is 0 Å². The first-order valence-electron chi connectivity index (χ1n) is 7.74. The van der Waals surface area contributed by atoms with Gasteiger partial charge in [-0.15, -0.1) is 0 Å². The number of nitrogens with zero attached hydrogens (tertiary/aromatic N) is 2. The molecular weight excluding hydrogens is 283 g/mol. The molecule has 1 fully saturated rings. The molecule has 2 N–H and O–H groups in total. The number of likely N-dealkylation sites (N-methyl/N-ethyl adjacent to an activating group) is 1. The minimum absolute atomic E-state index is 0.149. The molecule has 0 aromatic heterocycles. The van der Waals surface area contributed by atoms with Crippen molar-refractivity contribution in [3.63, 3.8) is 0 Å². The third-order valence-corrected chi connectivity index (χ3v) is 3.55. The van der Waals surface area contributed by atoms with Crippen LogP contribution in [0, 0.1) is 5.82 Å². The molecule has 1 atom stereocenters. The van der Waals surface area contributed by atoms with Crippen LogP contribution in [0.2, 0.25) is 0 Å². The second kappa shape index (κ2) is 8.70. The van der Waals surface area contributed by atoms with Gasteiger partial charge in [-0.05, 0) is 20.0 Å². The fraction of sp³-hybridized carbons (Fsp3) is 0.562. The van der Waals surface area contributed by atoms with Gasteiger partial charge < -0.3 is 20.3 Å². The topological polar surface area (TPSA) is 48.9 Å². The number of guanidine groups is 1. The van der Waals surface area contributed by atoms with Gasteiger partial charge in [0, 0.05) is 31.7 Å². The van der Waals surface area contributed by atoms with Crippen molar-refractivity contribution in [3.05, 3.63) is 35.6 Å². The van der Waals surface area contributed by atoms with Crippen LogP contribution >= 0.6 is 0 Å². The number of ether oxygens (including phenoxy) is 1. The summed E-state index contributed by atoms with van der Waals surface area (Å²) in [5, 5.41) is 6.44. The summed E-state index contributed by atoms with van der Waals surface area (Å²) in [6.07, 6.45) is 0.149. The van der Waals surface area contributed by atoms with Crippen molar-refractivity contribution in [1.82, 2.24) is 15.5 Å². The molecule has 2 rings (SSSR count). The Hall–Kier alpha value is -1.66. The first-order chi connectivity index (χ1) is 10.7. The van der Waals surface area contributed by atoms with Crippen LogP contribution in [0.1, 0.15) is 12.5 Å². The highest BCUT2D eigenvalue weighted by Crippen LogP contribution is 2.07. The van der Waals surface area contributed by atoms with Crippen molar-refractivity contribution >= 4 is 5.96 Å². The number of rotatable bonds is 5. The van der Waals surface area contributed by atoms with Crippen LogP contribution < -0.4 is 10.6 Å². The molecule has 5 nitrogen and oxygen atoms in total. The molecule has 1 aliphatic rings. The summed E-state index contributed by atoms with van der Waals surface area (Å²) in [4.78, 5) is 6.68. The van der Waals surface area contributed by atoms with Crippen molar-refractivity contribution in [2.75, 3.05) is 39.8 Å². The maximum atomic E-state index is 13.6. The Kier molecular flexibility index (Phi) is 6.61. The second-order valence-corrected chi connectivity index (χ2v) is 5.42. The van der Waals surface area contributed by atoms with Gasteiger partial charge in [-0.1, -0.05) is 18.2 Å². The Labute approximate surface area is 131 Å². The lowest BCUT2D eigenvalue weighted by molar-refractivity contribution is -0.0161. The number of nitrogens with one attached hydrogen (secondary N) is 2. The number of morpholine rings is 1. The number of aliphatic imine (C=N–C) groups is 1. The smallest absolute Gasteiger partial charge is 0.191 e.